The van der Waals surface area contributed by atoms with Gasteiger partial charge in [0.05, 0.1) is 43.4 Å². The van der Waals surface area contributed by atoms with Crippen LogP contribution in [0, 0.1) is 5.82 Å². The van der Waals surface area contributed by atoms with Crippen molar-refractivity contribution in [3.63, 3.8) is 0 Å². The summed E-state index contributed by atoms with van der Waals surface area (Å²) in [6, 6.07) is 25.5. The molecule has 11 amide bonds. The van der Waals surface area contributed by atoms with E-state index in [9.17, 15) is 87.9 Å². The van der Waals surface area contributed by atoms with Gasteiger partial charge >= 0.3 is 11.9 Å². The average Bonchev–Trinajstić information content (AvgIpc) is 1.55. The first-order valence-corrected chi connectivity index (χ1v) is 35.2. The number of amides is 11. The van der Waals surface area contributed by atoms with Crippen molar-refractivity contribution in [3.05, 3.63) is 174 Å². The molecule has 1 fully saturated rings. The molecule has 1 saturated heterocycles. The van der Waals surface area contributed by atoms with Gasteiger partial charge in [0.25, 0.3) is 0 Å². The summed E-state index contributed by atoms with van der Waals surface area (Å²) in [6.07, 6.45) is -3.91. The van der Waals surface area contributed by atoms with Gasteiger partial charge in [0, 0.05) is 51.3 Å². The number of aliphatic hydroxyl groups excluding tert-OH is 3. The highest BCUT2D eigenvalue weighted by Gasteiger charge is 2.48. The summed E-state index contributed by atoms with van der Waals surface area (Å²) in [7, 11) is 0. The number of carboxylic acid groups (broad SMARTS) is 2. The molecule has 33 heteroatoms. The van der Waals surface area contributed by atoms with E-state index in [2.05, 4.69) is 57.8 Å². The molecule has 6 aromatic rings. The number of rotatable bonds is 39. The summed E-state index contributed by atoms with van der Waals surface area (Å²) in [4.78, 5) is 187. The number of likely N-dealkylation sites (tertiary alicyclic amines) is 1. The number of aliphatic carboxylic acids is 2. The van der Waals surface area contributed by atoms with Crippen molar-refractivity contribution in [3.8, 4) is 22.3 Å². The number of carbonyl (C=O) groups is 13. The number of carbonyl (C=O) groups excluding carboxylic acids is 11. The molecule has 19 N–H and O–H groups in total. The summed E-state index contributed by atoms with van der Waals surface area (Å²) in [6.45, 7) is 3.87. The molecule has 0 radical (unpaired) electrons. The lowest BCUT2D eigenvalue weighted by molar-refractivity contribution is -0.146. The Morgan fingerprint density at radius 1 is 0.587 bits per heavy atom. The smallest absolute Gasteiger partial charge is 0.303 e. The third-order valence-corrected chi connectivity index (χ3v) is 18.7. The Balaban J connectivity index is 1.05. The molecule has 0 saturated carbocycles. The van der Waals surface area contributed by atoms with Crippen LogP contribution in [0.4, 0.5) is 4.39 Å². The monoisotopic (exact) mass is 1510 g/mol. The van der Waals surface area contributed by atoms with E-state index in [1.54, 1.807) is 42.6 Å². The van der Waals surface area contributed by atoms with Crippen LogP contribution < -0.4 is 59.3 Å². The van der Waals surface area contributed by atoms with Gasteiger partial charge in [-0.05, 0) is 105 Å². The van der Waals surface area contributed by atoms with Crippen molar-refractivity contribution in [2.75, 3.05) is 19.7 Å². The normalized spacial score (nSPS) is 16.8. The summed E-state index contributed by atoms with van der Waals surface area (Å²) in [5.74, 6) is -15.8. The maximum atomic E-state index is 15.5. The number of aromatic amines is 1. The molecule has 0 aliphatic carbocycles. The van der Waals surface area contributed by atoms with Crippen LogP contribution in [0.2, 0.25) is 0 Å². The maximum absolute atomic E-state index is 15.5. The minimum Gasteiger partial charge on any atom is -0.481 e. The number of nitrogens with two attached hydrogens (primary N) is 2. The summed E-state index contributed by atoms with van der Waals surface area (Å²) < 4.78 is 15.5. The lowest BCUT2D eigenvalue weighted by Crippen LogP contribution is -2.67. The Hall–Kier alpha value is -11.8. The number of H-pyrrole nitrogens is 1. The number of hydrogen-bond acceptors (Lipinski definition) is 18. The highest BCUT2D eigenvalue weighted by molar-refractivity contribution is 6.01. The third-order valence-electron chi connectivity index (χ3n) is 18.7. The zero-order valence-electron chi connectivity index (χ0n) is 60.7. The highest BCUT2D eigenvalue weighted by atomic mass is 19.1. The lowest BCUT2D eigenvalue weighted by atomic mass is 9.90. The van der Waals surface area contributed by atoms with Crippen molar-refractivity contribution in [1.82, 2.24) is 62.7 Å². The molecule has 1 aliphatic rings. The maximum Gasteiger partial charge on any atom is 0.303 e. The van der Waals surface area contributed by atoms with Crippen LogP contribution in [0.15, 0.2) is 146 Å². The minimum atomic E-state index is -2.42. The second-order valence-corrected chi connectivity index (χ2v) is 27.5. The first-order valence-electron chi connectivity index (χ1n) is 35.2. The van der Waals surface area contributed by atoms with Gasteiger partial charge in [-0.3, -0.25) is 62.3 Å². The molecule has 2 unspecified atom stereocenters. The van der Waals surface area contributed by atoms with Gasteiger partial charge in [0.1, 0.15) is 58.7 Å². The Kier molecular flexibility index (Phi) is 29.9. The minimum absolute atomic E-state index is 0.0309. The van der Waals surface area contributed by atoms with Crippen LogP contribution in [-0.2, 0) is 88.0 Å². The zero-order valence-corrected chi connectivity index (χ0v) is 60.7. The largest absolute Gasteiger partial charge is 0.481 e. The predicted octanol–water partition coefficient (Wildman–Crippen LogP) is -0.395. The lowest BCUT2D eigenvalue weighted by Gasteiger charge is -2.36. The van der Waals surface area contributed by atoms with E-state index in [1.165, 1.54) is 43.3 Å². The Labute approximate surface area is 626 Å². The zero-order chi connectivity index (χ0) is 79.9. The molecule has 1 aliphatic heterocycles. The molecular formula is C76H93FN14O18. The van der Waals surface area contributed by atoms with E-state index >= 15 is 4.39 Å². The van der Waals surface area contributed by atoms with E-state index in [1.807, 2.05) is 72.8 Å². The van der Waals surface area contributed by atoms with Gasteiger partial charge in [-0.25, -0.2) is 9.37 Å². The van der Waals surface area contributed by atoms with E-state index in [4.69, 9.17) is 11.5 Å². The van der Waals surface area contributed by atoms with E-state index in [-0.39, 0.29) is 37.8 Å². The molecular weight excluding hydrogens is 1420 g/mol. The Bertz CT molecular complexity index is 4210. The quantitative estimate of drug-likeness (QED) is 0.0234. The van der Waals surface area contributed by atoms with Crippen molar-refractivity contribution >= 4 is 76.9 Å². The van der Waals surface area contributed by atoms with Crippen LogP contribution in [-0.4, -0.2) is 208 Å². The standard InChI is InChI=1S/C76H93FN14O18/c1-43(93)62(88-72(108)75(4,38-51-19-12-13-20-53(51)77)90-69(105)63(44(2)94)87-59(95)40-81-64(100)55(29-31-60(96)97)86-73(109)76(5)33-14-34-91(76)70(106)54(78)36-52-39-80-42-82-52)68(104)85-58(41-92)66(102)83-56(30-32-61(98)99)65(101)84-57(35-45-21-25-49(26-22-45)47-15-8-6-9-16-47)67(103)89-74(3,71(79)107)37-46-23-27-50(28-24-46)48-17-10-7-11-18-48/h6-13,15-28,39,42-44,54-58,62-63,92-94H,14,29-38,40-41,78H2,1-5H3,(H2,79,107)(H,80,82)(H,81,100)(H,83,102)(H,84,101)(H,85,104)(H,86,109)(H,87,95)(H,88,108)(H,89,103)(H,90,105)(H,96,97)(H,98,99)/t43-,44-,54?,55+,56+,57+,58+,62+,63+,74-,75?,76+/m1/s1. The number of carboxylic acids is 2. The number of halogens is 1. The molecule has 2 heterocycles. The fraction of sp³-hybridized carbons (Fsp3) is 0.395. The van der Waals surface area contributed by atoms with Crippen molar-refractivity contribution in [2.24, 2.45) is 11.5 Å². The first-order chi connectivity index (χ1) is 51.6. The average molecular weight is 1510 g/mol. The fourth-order valence-electron chi connectivity index (χ4n) is 12.3. The molecule has 32 nitrogen and oxygen atoms in total. The van der Waals surface area contributed by atoms with E-state index in [0.29, 0.717) is 23.2 Å². The molecule has 109 heavy (non-hydrogen) atoms. The van der Waals surface area contributed by atoms with Crippen LogP contribution in [0.5, 0.6) is 0 Å². The van der Waals surface area contributed by atoms with E-state index in [0.717, 1.165) is 49.1 Å². The molecule has 1 aromatic heterocycles. The SMILES string of the molecule is C[C@@H](O)[C@H](NC(=O)CNC(=O)[C@H](CCC(=O)O)NC(=O)[C@]1(C)CCCN1C(=O)C(N)Cc1c[nH]cn1)C(=O)NC(C)(Cc1ccccc1F)C(=O)N[C@H](C(=O)N[C@@H](CO)C(=O)N[C@@H](CCC(=O)O)C(=O)N[C@@H](Cc1ccc(-c2ccccc2)cc1)C(=O)N[C@](C)(Cc1ccc(-c2ccccc2)cc1)C(N)=O)[C@@H](C)O. The number of benzene rings is 5. The van der Waals surface area contributed by atoms with Gasteiger partial charge < -0.3 is 94.7 Å². The summed E-state index contributed by atoms with van der Waals surface area (Å²) in [5, 5.41) is 73.4. The van der Waals surface area contributed by atoms with Gasteiger partial charge in [0.2, 0.25) is 65.0 Å². The topological polar surface area (TPSA) is 515 Å². The van der Waals surface area contributed by atoms with Gasteiger partial charge in [-0.15, -0.1) is 0 Å². The molecule has 7 rings (SSSR count). The molecule has 582 valence electrons. The Morgan fingerprint density at radius 2 is 1.09 bits per heavy atom. The second-order valence-electron chi connectivity index (χ2n) is 27.5. The fourth-order valence-corrected chi connectivity index (χ4v) is 12.3. The van der Waals surface area contributed by atoms with Crippen molar-refractivity contribution < 1.29 is 92.3 Å². The second kappa shape index (κ2) is 38.6. The summed E-state index contributed by atoms with van der Waals surface area (Å²) >= 11 is 0. The number of primary amides is 1. The molecule has 0 spiro atoms. The van der Waals surface area contributed by atoms with Crippen LogP contribution in [0.3, 0.4) is 0 Å². The van der Waals surface area contributed by atoms with Crippen LogP contribution in [0.1, 0.15) is 95.5 Å². The number of nitrogens with zero attached hydrogens (tertiary/aromatic N) is 2. The van der Waals surface area contributed by atoms with Crippen LogP contribution in [0.25, 0.3) is 22.3 Å². The third kappa shape index (κ3) is 23.6. The number of aromatic nitrogens is 2. The Morgan fingerprint density at radius 3 is 1.62 bits per heavy atom. The predicted molar refractivity (Wildman–Crippen MR) is 392 cm³/mol. The van der Waals surface area contributed by atoms with E-state index < -0.39 is 199 Å². The van der Waals surface area contributed by atoms with Gasteiger partial charge in [-0.2, -0.15) is 0 Å². The number of hydrogen-bond donors (Lipinski definition) is 17. The molecule has 5 aromatic carbocycles. The number of aliphatic hydroxyl groups is 3. The highest BCUT2D eigenvalue weighted by Crippen LogP contribution is 2.31. The van der Waals surface area contributed by atoms with Crippen molar-refractivity contribution in [1.29, 1.82) is 0 Å². The first kappa shape index (κ1) is 84.5. The molecule has 12 atom stereocenters. The van der Waals surface area contributed by atoms with Crippen LogP contribution >= 0.6 is 0 Å². The number of nitrogens with one attached hydrogen (secondary N) is 10. The summed E-state index contributed by atoms with van der Waals surface area (Å²) in [5.41, 5.74) is 11.3. The van der Waals surface area contributed by atoms with Crippen molar-refractivity contribution in [2.45, 2.75) is 170 Å². The molecule has 0 bridgehead atoms. The van der Waals surface area contributed by atoms with Gasteiger partial charge in [-0.1, -0.05) is 127 Å². The number of imidazole rings is 1. The van der Waals surface area contributed by atoms with Gasteiger partial charge in [0.15, 0.2) is 0 Å².